The number of anilines is 1. The van der Waals surface area contributed by atoms with Crippen molar-refractivity contribution in [1.82, 2.24) is 15.3 Å². The van der Waals surface area contributed by atoms with Crippen molar-refractivity contribution in [3.05, 3.63) is 48.0 Å². The van der Waals surface area contributed by atoms with Gasteiger partial charge in [-0.25, -0.2) is 13.8 Å². The Kier molecular flexibility index (Phi) is 5.44. The minimum Gasteiger partial charge on any atom is -0.491 e. The Bertz CT molecular complexity index is 942. The van der Waals surface area contributed by atoms with Gasteiger partial charge < -0.3 is 15.0 Å². The van der Waals surface area contributed by atoms with Crippen LogP contribution < -0.4 is 15.0 Å². The second-order valence-electron chi connectivity index (χ2n) is 7.71. The van der Waals surface area contributed by atoms with Crippen LogP contribution in [-0.2, 0) is 0 Å². The van der Waals surface area contributed by atoms with Crippen molar-refractivity contribution in [2.75, 3.05) is 24.6 Å². The molecule has 1 atom stereocenters. The molecule has 2 fully saturated rings. The number of amides is 1. The summed E-state index contributed by atoms with van der Waals surface area (Å²) in [5, 5.41) is 1.92. The highest BCUT2D eigenvalue weighted by Crippen LogP contribution is 2.36. The monoisotopic (exact) mass is 442 g/mol. The normalized spacial score (nSPS) is 18.8. The Labute approximate surface area is 174 Å². The number of pyridine rings is 2. The number of hydrogen-bond donors (Lipinski definition) is 1. The van der Waals surface area contributed by atoms with Gasteiger partial charge in [-0.1, -0.05) is 6.07 Å². The minimum absolute atomic E-state index is 0.0425. The number of aromatic nitrogens is 2. The van der Waals surface area contributed by atoms with Crippen LogP contribution in [0.5, 0.6) is 5.75 Å². The van der Waals surface area contributed by atoms with Gasteiger partial charge in [0.1, 0.15) is 0 Å². The molecule has 0 bridgehead atoms. The highest BCUT2D eigenvalue weighted by atomic mass is 19.4. The van der Waals surface area contributed by atoms with Crippen molar-refractivity contribution < 1.29 is 31.5 Å². The van der Waals surface area contributed by atoms with Crippen molar-refractivity contribution in [2.24, 2.45) is 5.92 Å². The Morgan fingerprint density at radius 1 is 1.26 bits per heavy atom. The zero-order chi connectivity index (χ0) is 22.2. The van der Waals surface area contributed by atoms with Gasteiger partial charge >= 0.3 is 6.18 Å². The fourth-order valence-corrected chi connectivity index (χ4v) is 3.14. The van der Waals surface area contributed by atoms with Crippen LogP contribution in [0, 0.1) is 5.92 Å². The van der Waals surface area contributed by atoms with Crippen LogP contribution in [0.2, 0.25) is 0 Å². The Morgan fingerprint density at radius 2 is 2.00 bits per heavy atom. The number of alkyl halides is 5. The van der Waals surface area contributed by atoms with Crippen molar-refractivity contribution in [3.8, 4) is 5.75 Å². The number of carbonyl (C=O) groups is 1. The predicted molar refractivity (Wildman–Crippen MR) is 100 cm³/mol. The van der Waals surface area contributed by atoms with Gasteiger partial charge in [-0.05, 0) is 30.9 Å². The molecule has 31 heavy (non-hydrogen) atoms. The zero-order valence-corrected chi connectivity index (χ0v) is 16.2. The summed E-state index contributed by atoms with van der Waals surface area (Å²) in [5.74, 6) is -3.66. The summed E-state index contributed by atoms with van der Waals surface area (Å²) in [6, 6.07) is 3.02. The molecule has 2 aromatic rings. The highest BCUT2D eigenvalue weighted by molar-refractivity contribution is 5.95. The van der Waals surface area contributed by atoms with Gasteiger partial charge in [0.2, 0.25) is 0 Å². The molecule has 11 heteroatoms. The summed E-state index contributed by atoms with van der Waals surface area (Å²) >= 11 is 0. The first kappa shape index (κ1) is 21.3. The average molecular weight is 442 g/mol. The molecule has 1 aliphatic carbocycles. The molecule has 6 nitrogen and oxygen atoms in total. The average Bonchev–Trinajstić information content (AvgIpc) is 3.52. The summed E-state index contributed by atoms with van der Waals surface area (Å²) in [5.41, 5.74) is -0.407. The molecule has 2 aliphatic rings. The summed E-state index contributed by atoms with van der Waals surface area (Å²) < 4.78 is 72.7. The van der Waals surface area contributed by atoms with E-state index in [2.05, 4.69) is 9.97 Å². The smallest absolute Gasteiger partial charge is 0.414 e. The fraction of sp³-hybridized carbons (Fsp3) is 0.450. The number of rotatable bonds is 7. The maximum absolute atomic E-state index is 13.6. The molecule has 4 rings (SSSR count). The van der Waals surface area contributed by atoms with E-state index in [4.69, 9.17) is 4.74 Å². The molecule has 1 saturated heterocycles. The fourth-order valence-electron chi connectivity index (χ4n) is 3.14. The molecule has 1 amide bonds. The zero-order valence-electron chi connectivity index (χ0n) is 16.2. The van der Waals surface area contributed by atoms with E-state index in [1.165, 1.54) is 35.5 Å². The van der Waals surface area contributed by atoms with E-state index in [1.807, 2.05) is 5.32 Å². The molecule has 2 aromatic heterocycles. The van der Waals surface area contributed by atoms with Crippen LogP contribution in [0.1, 0.15) is 35.1 Å². The van der Waals surface area contributed by atoms with Crippen molar-refractivity contribution in [3.63, 3.8) is 0 Å². The lowest BCUT2D eigenvalue weighted by Crippen LogP contribution is -2.56. The molecule has 1 N–H and O–H groups in total. The molecule has 1 aliphatic heterocycles. The van der Waals surface area contributed by atoms with Crippen molar-refractivity contribution in [1.29, 1.82) is 0 Å². The first-order chi connectivity index (χ1) is 14.6. The Hall–Kier alpha value is -2.98. The van der Waals surface area contributed by atoms with Gasteiger partial charge in [0.15, 0.2) is 17.5 Å². The number of hydrogen-bond acceptors (Lipinski definition) is 5. The summed E-state index contributed by atoms with van der Waals surface area (Å²) in [6.45, 7) is -0.735. The van der Waals surface area contributed by atoms with Gasteiger partial charge in [0.05, 0.1) is 37.3 Å². The lowest BCUT2D eigenvalue weighted by atomic mass is 10.1. The maximum Gasteiger partial charge on any atom is 0.414 e. The SMILES string of the molecule is O=C(NC(c1ccccn1)C(F)(F)F)c1ncc(N2CC(F)(F)C2)cc1OCC1CC1. The van der Waals surface area contributed by atoms with E-state index in [9.17, 15) is 26.7 Å². The van der Waals surface area contributed by atoms with Gasteiger partial charge in [0.25, 0.3) is 11.8 Å². The van der Waals surface area contributed by atoms with Crippen molar-refractivity contribution in [2.45, 2.75) is 31.0 Å². The molecule has 3 heterocycles. The summed E-state index contributed by atoms with van der Waals surface area (Å²) in [6.07, 6.45) is -0.522. The van der Waals surface area contributed by atoms with Crippen LogP contribution in [-0.4, -0.2) is 47.7 Å². The molecule has 1 saturated carbocycles. The molecule has 166 valence electrons. The van der Waals surface area contributed by atoms with E-state index in [-0.39, 0.29) is 23.7 Å². The largest absolute Gasteiger partial charge is 0.491 e. The second kappa shape index (κ2) is 7.93. The summed E-state index contributed by atoms with van der Waals surface area (Å²) in [7, 11) is 0. The number of carbonyl (C=O) groups excluding carboxylic acids is 1. The maximum atomic E-state index is 13.6. The van der Waals surface area contributed by atoms with Crippen molar-refractivity contribution >= 4 is 11.6 Å². The third-order valence-electron chi connectivity index (χ3n) is 5.02. The van der Waals surface area contributed by atoms with E-state index in [0.717, 1.165) is 18.9 Å². The van der Waals surface area contributed by atoms with Gasteiger partial charge in [-0.3, -0.25) is 9.78 Å². The van der Waals surface area contributed by atoms with E-state index in [1.54, 1.807) is 0 Å². The minimum atomic E-state index is -4.79. The Morgan fingerprint density at radius 3 is 2.58 bits per heavy atom. The number of halogens is 5. The second-order valence-corrected chi connectivity index (χ2v) is 7.71. The topological polar surface area (TPSA) is 67.4 Å². The number of nitrogens with zero attached hydrogens (tertiary/aromatic N) is 3. The van der Waals surface area contributed by atoms with Crippen LogP contribution in [0.4, 0.5) is 27.6 Å². The molecular weight excluding hydrogens is 423 g/mol. The van der Waals surface area contributed by atoms with E-state index < -0.39 is 37.1 Å². The Balaban J connectivity index is 1.58. The lowest BCUT2D eigenvalue weighted by Gasteiger charge is -2.40. The first-order valence-corrected chi connectivity index (χ1v) is 9.66. The van der Waals surface area contributed by atoms with Crippen LogP contribution in [0.15, 0.2) is 36.7 Å². The van der Waals surface area contributed by atoms with Crippen LogP contribution in [0.3, 0.4) is 0 Å². The van der Waals surface area contributed by atoms with Gasteiger partial charge in [-0.2, -0.15) is 13.2 Å². The van der Waals surface area contributed by atoms with Crippen LogP contribution in [0.25, 0.3) is 0 Å². The molecule has 0 spiro atoms. The lowest BCUT2D eigenvalue weighted by molar-refractivity contribution is -0.156. The standard InChI is InChI=1S/C20H19F5N4O2/c21-19(22)10-29(11-19)13-7-15(31-9-12-4-5-12)16(27-8-13)18(30)28-17(20(23,24)25)14-3-1-2-6-26-14/h1-3,6-8,12,17H,4-5,9-11H2,(H,28,30). The highest BCUT2D eigenvalue weighted by Gasteiger charge is 2.45. The molecule has 1 unspecified atom stereocenters. The summed E-state index contributed by atoms with van der Waals surface area (Å²) in [4.78, 5) is 21.7. The predicted octanol–water partition coefficient (Wildman–Crippen LogP) is 3.75. The van der Waals surface area contributed by atoms with Gasteiger partial charge in [0, 0.05) is 12.3 Å². The number of nitrogens with one attached hydrogen (secondary N) is 1. The molecule has 0 aromatic carbocycles. The third kappa shape index (κ3) is 5.02. The molecule has 0 radical (unpaired) electrons. The first-order valence-electron chi connectivity index (χ1n) is 9.66. The van der Waals surface area contributed by atoms with Gasteiger partial charge in [-0.15, -0.1) is 0 Å². The third-order valence-corrected chi connectivity index (χ3v) is 5.02. The van der Waals surface area contributed by atoms with Crippen LogP contribution >= 0.6 is 0 Å². The van der Waals surface area contributed by atoms with E-state index in [0.29, 0.717) is 11.6 Å². The molecular formula is C20H19F5N4O2. The number of ether oxygens (including phenoxy) is 1. The van der Waals surface area contributed by atoms with E-state index >= 15 is 0 Å². The quantitative estimate of drug-likeness (QED) is 0.662.